The van der Waals surface area contributed by atoms with Gasteiger partial charge < -0.3 is 10.1 Å². The van der Waals surface area contributed by atoms with Crippen molar-refractivity contribution in [2.24, 2.45) is 0 Å². The summed E-state index contributed by atoms with van der Waals surface area (Å²) in [4.78, 5) is 11.9. The topological polar surface area (TPSA) is 64.1 Å². The van der Waals surface area contributed by atoms with Crippen molar-refractivity contribution in [1.82, 2.24) is 10.2 Å². The summed E-state index contributed by atoms with van der Waals surface area (Å²) >= 11 is 1.34. The molecule has 5 nitrogen and oxygen atoms in total. The van der Waals surface area contributed by atoms with E-state index in [1.807, 2.05) is 26.0 Å². The van der Waals surface area contributed by atoms with Crippen LogP contribution in [0.3, 0.4) is 0 Å². The van der Waals surface area contributed by atoms with E-state index in [4.69, 9.17) is 4.74 Å². The monoisotopic (exact) mass is 305 g/mol. The number of hydrogen-bond acceptors (Lipinski definition) is 5. The number of methoxy groups -OCH3 is 1. The molecule has 0 spiro atoms. The first-order valence-electron chi connectivity index (χ1n) is 6.80. The molecule has 1 aromatic heterocycles. The first kappa shape index (κ1) is 15.6. The SMILES string of the molecule is COC(C)c1nnc(NC(=O)CCc2ccc(C)cc2)s1. The summed E-state index contributed by atoms with van der Waals surface area (Å²) < 4.78 is 5.16. The largest absolute Gasteiger partial charge is 0.374 e. The van der Waals surface area contributed by atoms with Crippen LogP contribution in [0.1, 0.15) is 35.6 Å². The fourth-order valence-corrected chi connectivity index (χ4v) is 2.53. The summed E-state index contributed by atoms with van der Waals surface area (Å²) in [5.74, 6) is -0.0525. The van der Waals surface area contributed by atoms with Crippen LogP contribution in [-0.4, -0.2) is 23.2 Å². The number of carbonyl (C=O) groups is 1. The first-order chi connectivity index (χ1) is 10.1. The van der Waals surface area contributed by atoms with Gasteiger partial charge in [-0.1, -0.05) is 41.2 Å². The molecule has 0 radical (unpaired) electrons. The third kappa shape index (κ3) is 4.61. The summed E-state index contributed by atoms with van der Waals surface area (Å²) in [6.07, 6.45) is 1.03. The first-order valence-corrected chi connectivity index (χ1v) is 7.61. The van der Waals surface area contributed by atoms with Crippen LogP contribution >= 0.6 is 11.3 Å². The fraction of sp³-hybridized carbons (Fsp3) is 0.400. The van der Waals surface area contributed by atoms with E-state index in [0.717, 1.165) is 10.6 Å². The maximum Gasteiger partial charge on any atom is 0.226 e. The van der Waals surface area contributed by atoms with Gasteiger partial charge in [0.1, 0.15) is 11.1 Å². The fourth-order valence-electron chi connectivity index (χ4n) is 1.74. The van der Waals surface area contributed by atoms with E-state index in [2.05, 4.69) is 27.6 Å². The lowest BCUT2D eigenvalue weighted by atomic mass is 10.1. The molecule has 1 aromatic carbocycles. The van der Waals surface area contributed by atoms with Crippen molar-refractivity contribution < 1.29 is 9.53 Å². The van der Waals surface area contributed by atoms with Crippen molar-refractivity contribution in [3.8, 4) is 0 Å². The number of nitrogens with one attached hydrogen (secondary N) is 1. The van der Waals surface area contributed by atoms with Gasteiger partial charge >= 0.3 is 0 Å². The Morgan fingerprint density at radius 2 is 2.05 bits per heavy atom. The van der Waals surface area contributed by atoms with E-state index in [1.165, 1.54) is 16.9 Å². The molecule has 1 unspecified atom stereocenters. The zero-order valence-corrected chi connectivity index (χ0v) is 13.2. The molecule has 0 saturated heterocycles. The zero-order valence-electron chi connectivity index (χ0n) is 12.4. The molecule has 0 aliphatic rings. The molecule has 0 fully saturated rings. The Bertz CT molecular complexity index is 595. The number of aryl methyl sites for hydroxylation is 2. The van der Waals surface area contributed by atoms with Crippen LogP contribution in [0.15, 0.2) is 24.3 Å². The third-order valence-electron chi connectivity index (χ3n) is 3.15. The van der Waals surface area contributed by atoms with E-state index < -0.39 is 0 Å². The molecule has 0 bridgehead atoms. The van der Waals surface area contributed by atoms with E-state index in [-0.39, 0.29) is 12.0 Å². The highest BCUT2D eigenvalue weighted by molar-refractivity contribution is 7.15. The molecular formula is C15H19N3O2S. The van der Waals surface area contributed by atoms with Crippen molar-refractivity contribution in [2.75, 3.05) is 12.4 Å². The summed E-state index contributed by atoms with van der Waals surface area (Å²) in [6.45, 7) is 3.94. The van der Waals surface area contributed by atoms with Crippen LogP contribution in [0.25, 0.3) is 0 Å². The second-order valence-corrected chi connectivity index (χ2v) is 5.87. The van der Waals surface area contributed by atoms with Crippen LogP contribution in [0.2, 0.25) is 0 Å². The molecule has 0 aliphatic carbocycles. The van der Waals surface area contributed by atoms with E-state index in [0.29, 0.717) is 18.0 Å². The molecule has 1 atom stereocenters. The predicted octanol–water partition coefficient (Wildman–Crippen LogP) is 3.13. The lowest BCUT2D eigenvalue weighted by Crippen LogP contribution is -2.12. The molecule has 6 heteroatoms. The third-order valence-corrected chi connectivity index (χ3v) is 4.15. The summed E-state index contributed by atoms with van der Waals surface area (Å²) in [5, 5.41) is 12.0. The Morgan fingerprint density at radius 1 is 1.33 bits per heavy atom. The normalized spacial score (nSPS) is 12.1. The molecule has 0 aliphatic heterocycles. The van der Waals surface area contributed by atoms with Gasteiger partial charge in [-0.2, -0.15) is 0 Å². The van der Waals surface area contributed by atoms with E-state index in [9.17, 15) is 4.79 Å². The van der Waals surface area contributed by atoms with Crippen LogP contribution in [-0.2, 0) is 16.0 Å². The molecule has 0 saturated carbocycles. The molecule has 2 rings (SSSR count). The standard InChI is InChI=1S/C15H19N3O2S/c1-10-4-6-12(7-5-10)8-9-13(19)16-15-18-17-14(21-15)11(2)20-3/h4-7,11H,8-9H2,1-3H3,(H,16,18,19). The van der Waals surface area contributed by atoms with Gasteiger partial charge in [0, 0.05) is 13.5 Å². The molecule has 1 N–H and O–H groups in total. The van der Waals surface area contributed by atoms with Crippen molar-refractivity contribution in [3.05, 3.63) is 40.4 Å². The van der Waals surface area contributed by atoms with Gasteiger partial charge in [-0.05, 0) is 25.8 Å². The number of hydrogen-bond donors (Lipinski definition) is 1. The van der Waals surface area contributed by atoms with Crippen LogP contribution in [0, 0.1) is 6.92 Å². The van der Waals surface area contributed by atoms with Gasteiger partial charge in [0.15, 0.2) is 0 Å². The van der Waals surface area contributed by atoms with Gasteiger partial charge in [-0.3, -0.25) is 4.79 Å². The van der Waals surface area contributed by atoms with Crippen molar-refractivity contribution in [1.29, 1.82) is 0 Å². The minimum atomic E-state index is -0.110. The predicted molar refractivity (Wildman–Crippen MR) is 83.5 cm³/mol. The number of amides is 1. The highest BCUT2D eigenvalue weighted by Crippen LogP contribution is 2.23. The van der Waals surface area contributed by atoms with Gasteiger partial charge in [-0.25, -0.2) is 0 Å². The molecule has 2 aromatic rings. The second kappa shape index (κ2) is 7.28. The Labute approximate surface area is 128 Å². The molecule has 1 amide bonds. The number of anilines is 1. The van der Waals surface area contributed by atoms with Gasteiger partial charge in [0.05, 0.1) is 0 Å². The molecule has 112 valence electrons. The number of carbonyl (C=O) groups excluding carboxylic acids is 1. The quantitative estimate of drug-likeness (QED) is 0.890. The van der Waals surface area contributed by atoms with Gasteiger partial charge in [-0.15, -0.1) is 10.2 Å². The van der Waals surface area contributed by atoms with Gasteiger partial charge in [0.25, 0.3) is 0 Å². The smallest absolute Gasteiger partial charge is 0.226 e. The van der Waals surface area contributed by atoms with E-state index in [1.54, 1.807) is 7.11 Å². The maximum atomic E-state index is 11.9. The lowest BCUT2D eigenvalue weighted by molar-refractivity contribution is -0.116. The Morgan fingerprint density at radius 3 is 2.71 bits per heavy atom. The highest BCUT2D eigenvalue weighted by Gasteiger charge is 2.12. The van der Waals surface area contributed by atoms with E-state index >= 15 is 0 Å². The summed E-state index contributed by atoms with van der Waals surface area (Å²) in [7, 11) is 1.62. The van der Waals surface area contributed by atoms with Gasteiger partial charge in [0.2, 0.25) is 11.0 Å². The average molecular weight is 305 g/mol. The number of rotatable bonds is 6. The van der Waals surface area contributed by atoms with Crippen LogP contribution < -0.4 is 5.32 Å². The average Bonchev–Trinajstić information content (AvgIpc) is 2.94. The minimum Gasteiger partial charge on any atom is -0.374 e. The molecule has 1 heterocycles. The van der Waals surface area contributed by atoms with Crippen molar-refractivity contribution >= 4 is 22.4 Å². The van der Waals surface area contributed by atoms with Crippen molar-refractivity contribution in [2.45, 2.75) is 32.8 Å². The Balaban J connectivity index is 1.84. The Kier molecular flexibility index (Phi) is 5.41. The minimum absolute atomic E-state index is 0.0525. The summed E-state index contributed by atoms with van der Waals surface area (Å²) in [5.41, 5.74) is 2.37. The number of ether oxygens (including phenoxy) is 1. The Hall–Kier alpha value is -1.79. The number of nitrogens with zero attached hydrogens (tertiary/aromatic N) is 2. The number of aromatic nitrogens is 2. The van der Waals surface area contributed by atoms with Crippen LogP contribution in [0.4, 0.5) is 5.13 Å². The molecular weight excluding hydrogens is 286 g/mol. The summed E-state index contributed by atoms with van der Waals surface area (Å²) in [6, 6.07) is 8.20. The van der Waals surface area contributed by atoms with Crippen molar-refractivity contribution in [3.63, 3.8) is 0 Å². The lowest BCUT2D eigenvalue weighted by Gasteiger charge is -2.03. The second-order valence-electron chi connectivity index (χ2n) is 4.86. The zero-order chi connectivity index (χ0) is 15.2. The highest BCUT2D eigenvalue weighted by atomic mass is 32.1. The maximum absolute atomic E-state index is 11.9. The van der Waals surface area contributed by atoms with Crippen LogP contribution in [0.5, 0.6) is 0 Å². The number of benzene rings is 1. The molecule has 21 heavy (non-hydrogen) atoms.